The molecule has 3 aromatic carbocycles. The molecule has 0 saturated carbocycles. The highest BCUT2D eigenvalue weighted by Gasteiger charge is 2.53. The lowest BCUT2D eigenvalue weighted by Gasteiger charge is -2.25. The molecule has 9 nitrogen and oxygen atoms in total. The van der Waals surface area contributed by atoms with E-state index < -0.39 is 43.0 Å². The molecule has 3 unspecified atom stereocenters. The second-order valence-electron chi connectivity index (χ2n) is 9.85. The standard InChI is InChI=1S/C31H37F2N2O7P/c1-3-23(2)42-43(38,39)31(32,33)26-17-15-24(16-18-26)21-28(35-30(37)41-22-25-11-6-4-7-12-25)29(36)34-19-10-20-40-27-13-8-5-9-14-27/h4-9,11-18,23,28H,3,10,19-22H2,1-2H3,(H,34,36)(H,35,37)(H,38,39). The fourth-order valence-electron chi connectivity index (χ4n) is 3.85. The minimum absolute atomic E-state index is 0.0123. The number of rotatable bonds is 16. The average molecular weight is 619 g/mol. The Morgan fingerprint density at radius 2 is 1.58 bits per heavy atom. The van der Waals surface area contributed by atoms with Crippen LogP contribution in [0.3, 0.4) is 0 Å². The van der Waals surface area contributed by atoms with Crippen LogP contribution in [0, 0.1) is 0 Å². The maximum atomic E-state index is 14.9. The van der Waals surface area contributed by atoms with Gasteiger partial charge in [-0.1, -0.05) is 79.7 Å². The molecule has 0 spiro atoms. The lowest BCUT2D eigenvalue weighted by molar-refractivity contribution is -0.123. The molecule has 0 heterocycles. The minimum Gasteiger partial charge on any atom is -0.494 e. The largest absolute Gasteiger partial charge is 0.494 e. The van der Waals surface area contributed by atoms with Crippen LogP contribution < -0.4 is 15.4 Å². The van der Waals surface area contributed by atoms with Gasteiger partial charge in [-0.2, -0.15) is 8.78 Å². The van der Waals surface area contributed by atoms with Gasteiger partial charge in [0.2, 0.25) is 5.91 Å². The molecule has 2 amide bonds. The zero-order valence-corrected chi connectivity index (χ0v) is 25.0. The zero-order chi connectivity index (χ0) is 31.3. The molecular formula is C31H37F2N2O7P. The van der Waals surface area contributed by atoms with Crippen LogP contribution in [0.15, 0.2) is 84.9 Å². The van der Waals surface area contributed by atoms with E-state index in [4.69, 9.17) is 14.0 Å². The number of para-hydroxylation sites is 1. The van der Waals surface area contributed by atoms with E-state index in [0.29, 0.717) is 24.3 Å². The minimum atomic E-state index is -5.32. The Morgan fingerprint density at radius 3 is 2.21 bits per heavy atom. The molecule has 0 saturated heterocycles. The van der Waals surface area contributed by atoms with Gasteiger partial charge in [-0.25, -0.2) is 4.79 Å². The first kappa shape index (κ1) is 33.7. The average Bonchev–Trinajstić information content (AvgIpc) is 3.00. The first-order chi connectivity index (χ1) is 20.5. The van der Waals surface area contributed by atoms with Crippen LogP contribution in [0.25, 0.3) is 0 Å². The van der Waals surface area contributed by atoms with Gasteiger partial charge in [-0.3, -0.25) is 9.36 Å². The number of halogens is 2. The van der Waals surface area contributed by atoms with E-state index in [1.807, 2.05) is 36.4 Å². The van der Waals surface area contributed by atoms with E-state index in [1.165, 1.54) is 19.1 Å². The lowest BCUT2D eigenvalue weighted by Crippen LogP contribution is -2.48. The number of benzene rings is 3. The van der Waals surface area contributed by atoms with Gasteiger partial charge in [-0.15, -0.1) is 0 Å². The lowest BCUT2D eigenvalue weighted by atomic mass is 10.0. The van der Waals surface area contributed by atoms with Gasteiger partial charge in [0.05, 0.1) is 12.7 Å². The molecule has 0 aliphatic heterocycles. The van der Waals surface area contributed by atoms with Crippen LogP contribution in [0.1, 0.15) is 43.4 Å². The third-order valence-corrected chi connectivity index (χ3v) is 8.06. The first-order valence-electron chi connectivity index (χ1n) is 13.9. The molecule has 0 aliphatic carbocycles. The topological polar surface area (TPSA) is 123 Å². The number of hydrogen-bond donors (Lipinski definition) is 3. The Hall–Kier alpha value is -3.79. The number of amides is 2. The number of alkyl halides is 2. The van der Waals surface area contributed by atoms with Crippen LogP contribution in [-0.2, 0) is 37.3 Å². The summed E-state index contributed by atoms with van der Waals surface area (Å²) in [6.07, 6.45) is -0.945. The van der Waals surface area contributed by atoms with Gasteiger partial charge in [0, 0.05) is 18.5 Å². The Labute approximate surface area is 250 Å². The maximum absolute atomic E-state index is 14.9. The molecule has 3 atom stereocenters. The van der Waals surface area contributed by atoms with Gasteiger partial charge in [-0.05, 0) is 43.0 Å². The van der Waals surface area contributed by atoms with Crippen LogP contribution >= 0.6 is 7.60 Å². The van der Waals surface area contributed by atoms with E-state index in [9.17, 15) is 27.8 Å². The number of nitrogens with one attached hydrogen (secondary N) is 2. The highest BCUT2D eigenvalue weighted by molar-refractivity contribution is 7.53. The fourth-order valence-corrected chi connectivity index (χ4v) is 5.10. The Balaban J connectivity index is 1.64. The van der Waals surface area contributed by atoms with Crippen molar-refractivity contribution < 1.29 is 41.8 Å². The molecule has 0 fully saturated rings. The summed E-state index contributed by atoms with van der Waals surface area (Å²) in [5, 5.41) is 5.29. The summed E-state index contributed by atoms with van der Waals surface area (Å²) in [5.41, 5.74) is -3.68. The van der Waals surface area contributed by atoms with Gasteiger partial charge < -0.3 is 29.5 Å². The van der Waals surface area contributed by atoms with Crippen molar-refractivity contribution in [3.63, 3.8) is 0 Å². The molecule has 3 N–H and O–H groups in total. The van der Waals surface area contributed by atoms with Gasteiger partial charge in [0.1, 0.15) is 18.4 Å². The number of ether oxygens (including phenoxy) is 2. The van der Waals surface area contributed by atoms with E-state index in [0.717, 1.165) is 17.7 Å². The zero-order valence-electron chi connectivity index (χ0n) is 24.1. The molecule has 3 rings (SSSR count). The quantitative estimate of drug-likeness (QED) is 0.130. The summed E-state index contributed by atoms with van der Waals surface area (Å²) < 4.78 is 57.7. The van der Waals surface area contributed by atoms with Crippen molar-refractivity contribution in [3.05, 3.63) is 102 Å². The summed E-state index contributed by atoms with van der Waals surface area (Å²) >= 11 is 0. The van der Waals surface area contributed by atoms with Crippen LogP contribution in [0.2, 0.25) is 0 Å². The fraction of sp³-hybridized carbons (Fsp3) is 0.355. The second-order valence-corrected chi connectivity index (χ2v) is 11.7. The van der Waals surface area contributed by atoms with Crippen molar-refractivity contribution >= 4 is 19.6 Å². The van der Waals surface area contributed by atoms with Crippen molar-refractivity contribution in [1.82, 2.24) is 10.6 Å². The van der Waals surface area contributed by atoms with Crippen molar-refractivity contribution in [3.8, 4) is 5.75 Å². The number of alkyl carbamates (subject to hydrolysis) is 1. The highest BCUT2D eigenvalue weighted by atomic mass is 31.2. The van der Waals surface area contributed by atoms with Crippen LogP contribution in [0.4, 0.5) is 13.6 Å². The first-order valence-corrected chi connectivity index (χ1v) is 15.5. The molecule has 43 heavy (non-hydrogen) atoms. The summed E-state index contributed by atoms with van der Waals surface area (Å²) in [6, 6.07) is 21.7. The van der Waals surface area contributed by atoms with E-state index in [-0.39, 0.29) is 26.0 Å². The predicted molar refractivity (Wildman–Crippen MR) is 158 cm³/mol. The summed E-state index contributed by atoms with van der Waals surface area (Å²) in [7, 11) is -5.32. The Kier molecular flexibility index (Phi) is 12.7. The second kappa shape index (κ2) is 16.2. The van der Waals surface area contributed by atoms with E-state index in [2.05, 4.69) is 10.6 Å². The monoisotopic (exact) mass is 618 g/mol. The van der Waals surface area contributed by atoms with Crippen molar-refractivity contribution in [2.75, 3.05) is 13.2 Å². The number of hydrogen-bond acceptors (Lipinski definition) is 6. The highest BCUT2D eigenvalue weighted by Crippen LogP contribution is 2.63. The van der Waals surface area contributed by atoms with Crippen LogP contribution in [0.5, 0.6) is 5.75 Å². The molecule has 0 aromatic heterocycles. The normalized spacial score (nSPS) is 14.2. The Bertz CT molecular complexity index is 1350. The van der Waals surface area contributed by atoms with Gasteiger partial charge >= 0.3 is 19.4 Å². The predicted octanol–water partition coefficient (Wildman–Crippen LogP) is 6.16. The van der Waals surface area contributed by atoms with E-state index >= 15 is 0 Å². The van der Waals surface area contributed by atoms with Gasteiger partial charge in [0.15, 0.2) is 0 Å². The third kappa shape index (κ3) is 10.5. The molecule has 0 aliphatic rings. The number of carbonyl (C=O) groups is 2. The molecule has 3 aromatic rings. The van der Waals surface area contributed by atoms with Crippen molar-refractivity contribution in [1.29, 1.82) is 0 Å². The SMILES string of the molecule is CCC(C)OP(=O)(O)C(F)(F)c1ccc(CC(NC(=O)OCc2ccccc2)C(=O)NCCCOc2ccccc2)cc1. The number of carbonyl (C=O) groups excluding carboxylic acids is 2. The van der Waals surface area contributed by atoms with E-state index in [1.54, 1.807) is 31.2 Å². The Morgan fingerprint density at radius 1 is 0.953 bits per heavy atom. The molecule has 12 heteroatoms. The molecular weight excluding hydrogens is 581 g/mol. The summed E-state index contributed by atoms with van der Waals surface area (Å²) in [6.45, 7) is 3.68. The van der Waals surface area contributed by atoms with Gasteiger partial charge in [0.25, 0.3) is 0 Å². The molecule has 232 valence electrons. The molecule has 0 bridgehead atoms. The summed E-state index contributed by atoms with van der Waals surface area (Å²) in [5.74, 6) is 0.195. The van der Waals surface area contributed by atoms with Crippen molar-refractivity contribution in [2.45, 2.75) is 57.5 Å². The summed E-state index contributed by atoms with van der Waals surface area (Å²) in [4.78, 5) is 35.6. The smallest absolute Gasteiger partial charge is 0.408 e. The molecule has 0 radical (unpaired) electrons. The third-order valence-electron chi connectivity index (χ3n) is 6.45. The van der Waals surface area contributed by atoms with Crippen molar-refractivity contribution in [2.24, 2.45) is 0 Å². The van der Waals surface area contributed by atoms with Crippen LogP contribution in [-0.4, -0.2) is 42.2 Å². The maximum Gasteiger partial charge on any atom is 0.408 e.